The summed E-state index contributed by atoms with van der Waals surface area (Å²) in [6.07, 6.45) is 0.784. The van der Waals surface area contributed by atoms with Crippen molar-refractivity contribution in [3.63, 3.8) is 0 Å². The van der Waals surface area contributed by atoms with Gasteiger partial charge in [-0.15, -0.1) is 0 Å². The van der Waals surface area contributed by atoms with Crippen molar-refractivity contribution < 1.29 is 18.7 Å². The van der Waals surface area contributed by atoms with Gasteiger partial charge in [0.25, 0.3) is 0 Å². The summed E-state index contributed by atoms with van der Waals surface area (Å²) < 4.78 is 17.9. The monoisotopic (exact) mass is 388 g/mol. The second-order valence-corrected chi connectivity index (χ2v) is 6.11. The molecule has 1 aromatic heterocycles. The lowest BCUT2D eigenvalue weighted by atomic mass is 10.2. The zero-order valence-electron chi connectivity index (χ0n) is 11.9. The van der Waals surface area contributed by atoms with E-state index in [-0.39, 0.29) is 12.2 Å². The van der Waals surface area contributed by atoms with Crippen LogP contribution in [0.15, 0.2) is 16.5 Å². The Kier molecular flexibility index (Phi) is 4.57. The molecule has 0 spiro atoms. The summed E-state index contributed by atoms with van der Waals surface area (Å²) >= 11 is 2.10. The first-order valence-electron chi connectivity index (χ1n) is 6.47. The van der Waals surface area contributed by atoms with E-state index in [0.29, 0.717) is 29.1 Å². The predicted molar refractivity (Wildman–Crippen MR) is 85.8 cm³/mol. The topological polar surface area (TPSA) is 48.7 Å². The molecule has 2 rings (SSSR count). The zero-order chi connectivity index (χ0) is 14.9. The van der Waals surface area contributed by atoms with Gasteiger partial charge < -0.3 is 13.9 Å². The number of benzene rings is 1. The number of carbonyl (C=O) groups excluding carboxylic acids is 1. The van der Waals surface area contributed by atoms with Gasteiger partial charge in [-0.1, -0.05) is 0 Å². The first-order valence-corrected chi connectivity index (χ1v) is 7.54. The Morgan fingerprint density at radius 3 is 2.15 bits per heavy atom. The number of aldehydes is 1. The summed E-state index contributed by atoms with van der Waals surface area (Å²) in [5.74, 6) is 1.62. The third-order valence-corrected chi connectivity index (χ3v) is 3.66. The van der Waals surface area contributed by atoms with E-state index in [0.717, 1.165) is 8.96 Å². The average Bonchev–Trinajstić information content (AvgIpc) is 2.65. The molecule has 0 aliphatic heterocycles. The van der Waals surface area contributed by atoms with Crippen LogP contribution in [0.4, 0.5) is 0 Å². The smallest absolute Gasteiger partial charge is 0.186 e. The van der Waals surface area contributed by atoms with Crippen LogP contribution in [-0.4, -0.2) is 18.5 Å². The molecule has 1 heterocycles. The maximum atomic E-state index is 11.0. The number of hydrogen-bond acceptors (Lipinski definition) is 4. The van der Waals surface area contributed by atoms with Gasteiger partial charge in [0, 0.05) is 11.5 Å². The van der Waals surface area contributed by atoms with E-state index >= 15 is 0 Å². The van der Waals surface area contributed by atoms with E-state index in [2.05, 4.69) is 22.6 Å². The van der Waals surface area contributed by atoms with Crippen LogP contribution in [-0.2, 0) is 0 Å². The lowest BCUT2D eigenvalue weighted by molar-refractivity contribution is 0.110. The highest BCUT2D eigenvalue weighted by Crippen LogP contribution is 2.37. The molecule has 0 bridgehead atoms. The highest BCUT2D eigenvalue weighted by atomic mass is 127. The van der Waals surface area contributed by atoms with Crippen LogP contribution in [0.5, 0.6) is 11.5 Å². The maximum absolute atomic E-state index is 11.0. The molecule has 0 unspecified atom stereocenters. The minimum Gasteiger partial charge on any atom is -0.487 e. The van der Waals surface area contributed by atoms with Gasteiger partial charge in [0.15, 0.2) is 23.5 Å². The fourth-order valence-corrected chi connectivity index (χ4v) is 2.52. The standard InChI is InChI=1S/C15H17IO4/c1-8(2)18-12-5-10-11(6-13(12)19-9(3)4)20-14(7-17)15(10)16/h5-9H,1-4H3. The van der Waals surface area contributed by atoms with Gasteiger partial charge in [-0.05, 0) is 56.4 Å². The molecular formula is C15H17IO4. The molecule has 5 heteroatoms. The van der Waals surface area contributed by atoms with Gasteiger partial charge in [0.05, 0.1) is 15.8 Å². The second kappa shape index (κ2) is 6.03. The van der Waals surface area contributed by atoms with Crippen LogP contribution in [0.3, 0.4) is 0 Å². The normalized spacial score (nSPS) is 11.3. The highest BCUT2D eigenvalue weighted by Gasteiger charge is 2.17. The van der Waals surface area contributed by atoms with E-state index in [9.17, 15) is 4.79 Å². The van der Waals surface area contributed by atoms with Crippen molar-refractivity contribution in [3.8, 4) is 11.5 Å². The molecule has 0 N–H and O–H groups in total. The molecule has 0 amide bonds. The quantitative estimate of drug-likeness (QED) is 0.562. The number of rotatable bonds is 5. The SMILES string of the molecule is CC(C)Oc1cc2oc(C=O)c(I)c2cc1OC(C)C. The van der Waals surface area contributed by atoms with Crippen molar-refractivity contribution in [2.24, 2.45) is 0 Å². The van der Waals surface area contributed by atoms with Gasteiger partial charge in [-0.2, -0.15) is 0 Å². The zero-order valence-corrected chi connectivity index (χ0v) is 14.1. The summed E-state index contributed by atoms with van der Waals surface area (Å²) in [4.78, 5) is 11.0. The third-order valence-electron chi connectivity index (χ3n) is 2.55. The number of ether oxygens (including phenoxy) is 2. The van der Waals surface area contributed by atoms with Gasteiger partial charge in [0.1, 0.15) is 5.58 Å². The van der Waals surface area contributed by atoms with E-state index in [1.54, 1.807) is 6.07 Å². The fourth-order valence-electron chi connectivity index (χ4n) is 1.86. The molecular weight excluding hydrogens is 371 g/mol. The van der Waals surface area contributed by atoms with Gasteiger partial charge in [0.2, 0.25) is 0 Å². The molecule has 0 aliphatic carbocycles. The summed E-state index contributed by atoms with van der Waals surface area (Å²) in [6.45, 7) is 7.82. The minimum atomic E-state index is 0.0292. The number of hydrogen-bond donors (Lipinski definition) is 0. The van der Waals surface area contributed by atoms with Crippen LogP contribution < -0.4 is 9.47 Å². The molecule has 1 aromatic carbocycles. The van der Waals surface area contributed by atoms with E-state index in [4.69, 9.17) is 13.9 Å². The van der Waals surface area contributed by atoms with Crippen molar-refractivity contribution in [1.82, 2.24) is 0 Å². The molecule has 2 aromatic rings. The van der Waals surface area contributed by atoms with Crippen molar-refractivity contribution >= 4 is 39.8 Å². The van der Waals surface area contributed by atoms with Crippen LogP contribution in [0.25, 0.3) is 11.0 Å². The predicted octanol–water partition coefficient (Wildman–Crippen LogP) is 4.42. The summed E-state index contributed by atoms with van der Waals surface area (Å²) in [5, 5.41) is 0.861. The van der Waals surface area contributed by atoms with Crippen molar-refractivity contribution in [2.45, 2.75) is 39.9 Å². The van der Waals surface area contributed by atoms with E-state index in [1.807, 2.05) is 33.8 Å². The summed E-state index contributed by atoms with van der Waals surface area (Å²) in [6, 6.07) is 3.65. The van der Waals surface area contributed by atoms with Gasteiger partial charge >= 0.3 is 0 Å². The molecule has 4 nitrogen and oxygen atoms in total. The molecule has 0 saturated heterocycles. The van der Waals surface area contributed by atoms with Crippen molar-refractivity contribution in [1.29, 1.82) is 0 Å². The molecule has 0 atom stereocenters. The van der Waals surface area contributed by atoms with E-state index in [1.165, 1.54) is 0 Å². The molecule has 108 valence electrons. The number of halogens is 1. The number of fused-ring (bicyclic) bond motifs is 1. The van der Waals surface area contributed by atoms with Crippen molar-refractivity contribution in [3.05, 3.63) is 21.5 Å². The lowest BCUT2D eigenvalue weighted by Crippen LogP contribution is -2.10. The maximum Gasteiger partial charge on any atom is 0.186 e. The number of furan rings is 1. The molecule has 0 fully saturated rings. The van der Waals surface area contributed by atoms with Crippen LogP contribution in [0.2, 0.25) is 0 Å². The van der Waals surface area contributed by atoms with Crippen LogP contribution in [0, 0.1) is 3.57 Å². The van der Waals surface area contributed by atoms with E-state index < -0.39 is 0 Å². The summed E-state index contributed by atoms with van der Waals surface area (Å²) in [5.41, 5.74) is 0.628. The third kappa shape index (κ3) is 3.08. The van der Waals surface area contributed by atoms with Gasteiger partial charge in [-0.3, -0.25) is 4.79 Å². The highest BCUT2D eigenvalue weighted by molar-refractivity contribution is 14.1. The fraction of sp³-hybridized carbons (Fsp3) is 0.400. The molecule has 0 radical (unpaired) electrons. The number of carbonyl (C=O) groups is 1. The Morgan fingerprint density at radius 2 is 1.65 bits per heavy atom. The Balaban J connectivity index is 2.59. The largest absolute Gasteiger partial charge is 0.487 e. The Hall–Kier alpha value is -1.24. The second-order valence-electron chi connectivity index (χ2n) is 5.03. The Bertz CT molecular complexity index is 628. The Morgan fingerprint density at radius 1 is 1.10 bits per heavy atom. The first kappa shape index (κ1) is 15.2. The van der Waals surface area contributed by atoms with Crippen LogP contribution in [0.1, 0.15) is 38.2 Å². The summed E-state index contributed by atoms with van der Waals surface area (Å²) in [7, 11) is 0. The Labute approximate surface area is 131 Å². The van der Waals surface area contributed by atoms with Crippen LogP contribution >= 0.6 is 22.6 Å². The first-order chi connectivity index (χ1) is 9.42. The average molecular weight is 388 g/mol. The van der Waals surface area contributed by atoms with Gasteiger partial charge in [-0.25, -0.2) is 0 Å². The molecule has 0 saturated carbocycles. The molecule has 0 aliphatic rings. The van der Waals surface area contributed by atoms with Crippen molar-refractivity contribution in [2.75, 3.05) is 0 Å². The molecule has 20 heavy (non-hydrogen) atoms. The minimum absolute atomic E-state index is 0.0292. The lowest BCUT2D eigenvalue weighted by Gasteiger charge is -2.17.